The molecule has 1 aromatic heterocycles. The third-order valence-electron chi connectivity index (χ3n) is 4.08. The Balaban J connectivity index is 0.00000156. The topological polar surface area (TPSA) is 39.1 Å². The van der Waals surface area contributed by atoms with Crippen molar-refractivity contribution in [2.45, 2.75) is 18.9 Å². The van der Waals surface area contributed by atoms with Crippen molar-refractivity contribution < 1.29 is 4.74 Å². The van der Waals surface area contributed by atoms with Crippen LogP contribution in [0.2, 0.25) is 0 Å². The first-order valence-electron chi connectivity index (χ1n) is 7.82. The predicted octanol–water partition coefficient (Wildman–Crippen LogP) is 3.58. The van der Waals surface area contributed by atoms with Gasteiger partial charge in [0.1, 0.15) is 6.10 Å². The quantitative estimate of drug-likeness (QED) is 0.798. The first-order chi connectivity index (χ1) is 10.9. The van der Waals surface area contributed by atoms with Gasteiger partial charge >= 0.3 is 0 Å². The van der Waals surface area contributed by atoms with Crippen LogP contribution in [0.25, 0.3) is 16.6 Å². The number of hydrogen-bond donors (Lipinski definition) is 1. The molecular formula is C18H20ClN3O. The number of ether oxygens (including phenoxy) is 1. The molecule has 1 fully saturated rings. The van der Waals surface area contributed by atoms with Crippen LogP contribution >= 0.6 is 12.4 Å². The molecule has 1 N–H and O–H groups in total. The number of aromatic nitrogens is 2. The maximum Gasteiger partial charge on any atom is 0.241 e. The van der Waals surface area contributed by atoms with E-state index in [2.05, 4.69) is 29.6 Å². The lowest BCUT2D eigenvalue weighted by Crippen LogP contribution is -2.37. The minimum atomic E-state index is 0. The summed E-state index contributed by atoms with van der Waals surface area (Å²) in [4.78, 5) is 0. The van der Waals surface area contributed by atoms with Crippen molar-refractivity contribution in [2.75, 3.05) is 13.1 Å². The summed E-state index contributed by atoms with van der Waals surface area (Å²) in [6.07, 6.45) is 2.44. The zero-order chi connectivity index (χ0) is 14.8. The van der Waals surface area contributed by atoms with Gasteiger partial charge in [0.15, 0.2) is 0 Å². The fourth-order valence-electron chi connectivity index (χ4n) is 2.97. The van der Waals surface area contributed by atoms with E-state index in [-0.39, 0.29) is 18.5 Å². The van der Waals surface area contributed by atoms with Crippen molar-refractivity contribution in [3.8, 4) is 11.6 Å². The van der Waals surface area contributed by atoms with Crippen molar-refractivity contribution in [1.82, 2.24) is 15.1 Å². The van der Waals surface area contributed by atoms with Gasteiger partial charge in [0.25, 0.3) is 0 Å². The van der Waals surface area contributed by atoms with Crippen LogP contribution in [0.5, 0.6) is 5.88 Å². The van der Waals surface area contributed by atoms with Crippen LogP contribution < -0.4 is 10.1 Å². The fraction of sp³-hybridized carbons (Fsp3) is 0.278. The number of rotatable bonds is 3. The summed E-state index contributed by atoms with van der Waals surface area (Å²) in [6, 6.07) is 18.4. The number of nitrogens with zero attached hydrogens (tertiary/aromatic N) is 2. The van der Waals surface area contributed by atoms with Crippen LogP contribution in [0.1, 0.15) is 12.8 Å². The molecule has 4 nitrogen and oxygen atoms in total. The molecule has 2 heterocycles. The van der Waals surface area contributed by atoms with E-state index in [4.69, 9.17) is 9.84 Å². The predicted molar refractivity (Wildman–Crippen MR) is 94.8 cm³/mol. The number of piperidine rings is 1. The summed E-state index contributed by atoms with van der Waals surface area (Å²) >= 11 is 0. The first-order valence-corrected chi connectivity index (χ1v) is 7.82. The first kappa shape index (κ1) is 15.8. The molecule has 1 saturated heterocycles. The van der Waals surface area contributed by atoms with Crippen molar-refractivity contribution >= 4 is 23.3 Å². The van der Waals surface area contributed by atoms with Crippen LogP contribution in [0.3, 0.4) is 0 Å². The fourth-order valence-corrected chi connectivity index (χ4v) is 2.97. The molecule has 0 radical (unpaired) electrons. The molecule has 2 aromatic carbocycles. The third kappa shape index (κ3) is 3.19. The Labute approximate surface area is 141 Å². The highest BCUT2D eigenvalue weighted by Gasteiger charge is 2.19. The van der Waals surface area contributed by atoms with Gasteiger partial charge in [0.2, 0.25) is 5.88 Å². The molecule has 0 bridgehead atoms. The Morgan fingerprint density at radius 1 is 1.04 bits per heavy atom. The second-order valence-corrected chi connectivity index (χ2v) is 5.66. The van der Waals surface area contributed by atoms with E-state index < -0.39 is 0 Å². The van der Waals surface area contributed by atoms with Gasteiger partial charge in [-0.25, -0.2) is 4.68 Å². The van der Waals surface area contributed by atoms with Gasteiger partial charge in [-0.3, -0.25) is 0 Å². The lowest BCUT2D eigenvalue weighted by atomic mass is 10.1. The average molecular weight is 330 g/mol. The summed E-state index contributed by atoms with van der Waals surface area (Å²) < 4.78 is 8.14. The largest absolute Gasteiger partial charge is 0.471 e. The highest BCUT2D eigenvalue weighted by Crippen LogP contribution is 2.28. The molecule has 3 aromatic rings. The van der Waals surface area contributed by atoms with E-state index in [1.54, 1.807) is 0 Å². The Kier molecular flexibility index (Phi) is 4.84. The normalized spacial score (nSPS) is 17.7. The van der Waals surface area contributed by atoms with E-state index >= 15 is 0 Å². The highest BCUT2D eigenvalue weighted by atomic mass is 35.5. The molecule has 0 spiro atoms. The standard InChI is InChI=1S/C18H19N3O.ClH/c1-2-7-14(8-3-1)21-17-11-5-4-10-16(17)18(20-21)22-15-9-6-12-19-13-15;/h1-5,7-8,10-11,15,19H,6,9,12-13H2;1H. The molecule has 0 aliphatic carbocycles. The SMILES string of the molecule is Cl.c1ccc(-n2nc(OC3CCCNC3)c3ccccc32)cc1. The number of halogens is 1. The minimum Gasteiger partial charge on any atom is -0.471 e. The van der Waals surface area contributed by atoms with Crippen molar-refractivity contribution in [3.63, 3.8) is 0 Å². The number of benzene rings is 2. The van der Waals surface area contributed by atoms with E-state index in [1.807, 2.05) is 35.0 Å². The van der Waals surface area contributed by atoms with Crippen LogP contribution in [0, 0.1) is 0 Å². The van der Waals surface area contributed by atoms with Gasteiger partial charge in [-0.15, -0.1) is 17.5 Å². The van der Waals surface area contributed by atoms with Crippen LogP contribution in [-0.4, -0.2) is 29.0 Å². The molecule has 1 aliphatic rings. The molecule has 4 rings (SSSR count). The molecule has 5 heteroatoms. The minimum absolute atomic E-state index is 0. The Morgan fingerprint density at radius 3 is 2.61 bits per heavy atom. The summed E-state index contributed by atoms with van der Waals surface area (Å²) in [6.45, 7) is 1.98. The van der Waals surface area contributed by atoms with Crippen molar-refractivity contribution in [1.29, 1.82) is 0 Å². The molecule has 23 heavy (non-hydrogen) atoms. The van der Waals surface area contributed by atoms with E-state index in [1.165, 1.54) is 0 Å². The maximum atomic E-state index is 6.18. The van der Waals surface area contributed by atoms with E-state index in [0.29, 0.717) is 0 Å². The van der Waals surface area contributed by atoms with Gasteiger partial charge in [0, 0.05) is 6.54 Å². The lowest BCUT2D eigenvalue weighted by molar-refractivity contribution is 0.161. The number of nitrogens with one attached hydrogen (secondary N) is 1. The summed E-state index contributed by atoms with van der Waals surface area (Å²) in [5.74, 6) is 0.730. The van der Waals surface area contributed by atoms with Crippen LogP contribution in [-0.2, 0) is 0 Å². The Morgan fingerprint density at radius 2 is 1.83 bits per heavy atom. The molecule has 0 amide bonds. The second-order valence-electron chi connectivity index (χ2n) is 5.66. The smallest absolute Gasteiger partial charge is 0.241 e. The molecule has 120 valence electrons. The Bertz CT molecular complexity index is 766. The van der Waals surface area contributed by atoms with E-state index in [0.717, 1.165) is 48.4 Å². The van der Waals surface area contributed by atoms with Crippen LogP contribution in [0.15, 0.2) is 54.6 Å². The molecule has 1 aliphatic heterocycles. The number of para-hydroxylation sites is 2. The molecular weight excluding hydrogens is 310 g/mol. The number of fused-ring (bicyclic) bond motifs is 1. The number of hydrogen-bond acceptors (Lipinski definition) is 3. The zero-order valence-electron chi connectivity index (χ0n) is 12.8. The lowest BCUT2D eigenvalue weighted by Gasteiger charge is -2.22. The van der Waals surface area contributed by atoms with Gasteiger partial charge < -0.3 is 10.1 Å². The summed E-state index contributed by atoms with van der Waals surface area (Å²) in [7, 11) is 0. The van der Waals surface area contributed by atoms with Gasteiger partial charge in [0.05, 0.1) is 16.6 Å². The van der Waals surface area contributed by atoms with Gasteiger partial charge in [-0.2, -0.15) is 0 Å². The summed E-state index contributed by atoms with van der Waals surface area (Å²) in [5, 5.41) is 9.17. The zero-order valence-corrected chi connectivity index (χ0v) is 13.6. The van der Waals surface area contributed by atoms with Crippen molar-refractivity contribution in [2.24, 2.45) is 0 Å². The van der Waals surface area contributed by atoms with E-state index in [9.17, 15) is 0 Å². The Hall–Kier alpha value is -2.04. The van der Waals surface area contributed by atoms with Crippen molar-refractivity contribution in [3.05, 3.63) is 54.6 Å². The third-order valence-corrected chi connectivity index (χ3v) is 4.08. The monoisotopic (exact) mass is 329 g/mol. The van der Waals surface area contributed by atoms with Gasteiger partial charge in [-0.05, 0) is 43.7 Å². The summed E-state index contributed by atoms with van der Waals surface area (Å²) in [5.41, 5.74) is 2.13. The van der Waals surface area contributed by atoms with Gasteiger partial charge in [-0.1, -0.05) is 30.3 Å². The maximum absolute atomic E-state index is 6.18. The second kappa shape index (κ2) is 7.02. The average Bonchev–Trinajstić information content (AvgIpc) is 2.96. The molecule has 0 saturated carbocycles. The van der Waals surface area contributed by atoms with Crippen LogP contribution in [0.4, 0.5) is 0 Å². The molecule has 1 unspecified atom stereocenters. The highest BCUT2D eigenvalue weighted by molar-refractivity contribution is 5.86. The molecule has 1 atom stereocenters.